The molecule has 1 fully saturated rings. The normalized spacial score (nSPS) is 18.0. The topological polar surface area (TPSA) is 61.8 Å². The summed E-state index contributed by atoms with van der Waals surface area (Å²) in [5.41, 5.74) is 0.741. The summed E-state index contributed by atoms with van der Waals surface area (Å²) in [6.45, 7) is 10.2. The Balaban J connectivity index is 2.14. The highest BCUT2D eigenvalue weighted by atomic mass is 16.6. The molecule has 0 bridgehead atoms. The zero-order valence-electron chi connectivity index (χ0n) is 16.5. The molecule has 0 N–H and O–H groups in total. The van der Waals surface area contributed by atoms with Crippen molar-refractivity contribution in [3.63, 3.8) is 0 Å². The molecule has 26 heavy (non-hydrogen) atoms. The molecule has 2 rings (SSSR count). The Morgan fingerprint density at radius 3 is 2.31 bits per heavy atom. The molecule has 0 amide bonds. The second kappa shape index (κ2) is 8.21. The van der Waals surface area contributed by atoms with Crippen molar-refractivity contribution in [1.82, 2.24) is 0 Å². The first-order chi connectivity index (χ1) is 12.2. The van der Waals surface area contributed by atoms with Gasteiger partial charge in [0.15, 0.2) is 6.10 Å². The number of aryl methyl sites for hydroxylation is 1. The molecule has 1 aliphatic rings. The van der Waals surface area contributed by atoms with Gasteiger partial charge >= 0.3 is 11.9 Å². The number of ether oxygens (including phenoxy) is 3. The van der Waals surface area contributed by atoms with E-state index >= 15 is 0 Å². The van der Waals surface area contributed by atoms with Crippen LogP contribution < -0.4 is 0 Å². The molecule has 5 nitrogen and oxygen atoms in total. The molecular weight excluding hydrogens is 332 g/mol. The van der Waals surface area contributed by atoms with E-state index in [-0.39, 0.29) is 5.97 Å². The Morgan fingerprint density at radius 2 is 1.77 bits per heavy atom. The van der Waals surface area contributed by atoms with E-state index in [1.807, 2.05) is 38.1 Å². The lowest BCUT2D eigenvalue weighted by molar-refractivity contribution is -0.189. The third kappa shape index (κ3) is 4.64. The predicted molar refractivity (Wildman–Crippen MR) is 98.6 cm³/mol. The average Bonchev–Trinajstić information content (AvgIpc) is 2.62. The number of rotatable bonds is 6. The largest absolute Gasteiger partial charge is 0.451 e. The minimum absolute atomic E-state index is 0.388. The summed E-state index contributed by atoms with van der Waals surface area (Å²) in [5.74, 6) is -0.909. The monoisotopic (exact) mass is 362 g/mol. The average molecular weight is 362 g/mol. The Labute approximate surface area is 156 Å². The third-order valence-corrected chi connectivity index (χ3v) is 5.23. The molecule has 0 aromatic heterocycles. The number of carbonyl (C=O) groups excluding carboxylic acids is 2. The zero-order chi connectivity index (χ0) is 19.4. The van der Waals surface area contributed by atoms with Crippen molar-refractivity contribution in [2.24, 2.45) is 5.41 Å². The van der Waals surface area contributed by atoms with Gasteiger partial charge in [-0.05, 0) is 39.7 Å². The molecular formula is C21H30O5. The second-order valence-corrected chi connectivity index (χ2v) is 7.68. The van der Waals surface area contributed by atoms with E-state index in [9.17, 15) is 9.59 Å². The second-order valence-electron chi connectivity index (χ2n) is 7.68. The quantitative estimate of drug-likeness (QED) is 0.718. The molecule has 5 heteroatoms. The highest BCUT2D eigenvalue weighted by Gasteiger charge is 2.40. The Morgan fingerprint density at radius 1 is 1.19 bits per heavy atom. The van der Waals surface area contributed by atoms with Crippen molar-refractivity contribution in [2.75, 3.05) is 13.2 Å². The van der Waals surface area contributed by atoms with E-state index < -0.39 is 23.1 Å². The van der Waals surface area contributed by atoms with Crippen molar-refractivity contribution in [3.05, 3.63) is 35.4 Å². The van der Waals surface area contributed by atoms with Crippen molar-refractivity contribution < 1.29 is 23.8 Å². The van der Waals surface area contributed by atoms with E-state index in [1.54, 1.807) is 20.8 Å². The first kappa shape index (κ1) is 20.4. The molecule has 1 aliphatic heterocycles. The Kier molecular flexibility index (Phi) is 6.45. The summed E-state index contributed by atoms with van der Waals surface area (Å²) in [4.78, 5) is 24.9. The van der Waals surface area contributed by atoms with E-state index in [1.165, 1.54) is 0 Å². The minimum Gasteiger partial charge on any atom is -0.451 e. The van der Waals surface area contributed by atoms with Crippen molar-refractivity contribution in [1.29, 1.82) is 0 Å². The first-order valence-corrected chi connectivity index (χ1v) is 9.29. The smallest absolute Gasteiger partial charge is 0.348 e. The van der Waals surface area contributed by atoms with Crippen LogP contribution in [-0.2, 0) is 29.4 Å². The fraction of sp³-hybridized carbons (Fsp3) is 0.619. The van der Waals surface area contributed by atoms with Crippen molar-refractivity contribution in [3.8, 4) is 0 Å². The zero-order valence-corrected chi connectivity index (χ0v) is 16.5. The fourth-order valence-electron chi connectivity index (χ4n) is 2.80. The summed E-state index contributed by atoms with van der Waals surface area (Å²) in [6.07, 6.45) is 0.864. The maximum Gasteiger partial charge on any atom is 0.348 e. The SMILES string of the molecule is CCC(C)(C)C(=O)OC(C)C(=O)OC1(c2ccc(C)cc2)CCOCC1. The minimum atomic E-state index is -0.946. The van der Waals surface area contributed by atoms with E-state index in [0.29, 0.717) is 32.5 Å². The molecule has 144 valence electrons. The number of benzene rings is 1. The molecule has 0 saturated carbocycles. The predicted octanol–water partition coefficient (Wildman–Crippen LogP) is 3.91. The summed E-state index contributed by atoms with van der Waals surface area (Å²) in [5, 5.41) is 0. The van der Waals surface area contributed by atoms with Crippen LogP contribution in [0.25, 0.3) is 0 Å². The maximum absolute atomic E-state index is 12.7. The van der Waals surface area contributed by atoms with Gasteiger partial charge in [-0.25, -0.2) is 4.79 Å². The van der Waals surface area contributed by atoms with Crippen LogP contribution >= 0.6 is 0 Å². The van der Waals surface area contributed by atoms with E-state index in [2.05, 4.69) is 0 Å². The molecule has 0 spiro atoms. The molecule has 1 atom stereocenters. The molecule has 1 aromatic rings. The van der Waals surface area contributed by atoms with Crippen LogP contribution in [0.1, 0.15) is 58.1 Å². The van der Waals surface area contributed by atoms with Crippen LogP contribution in [0.5, 0.6) is 0 Å². The molecule has 1 heterocycles. The van der Waals surface area contributed by atoms with Gasteiger partial charge in [0.05, 0.1) is 18.6 Å². The summed E-state index contributed by atoms with van der Waals surface area (Å²) >= 11 is 0. The van der Waals surface area contributed by atoms with E-state index in [0.717, 1.165) is 11.1 Å². The Hall–Kier alpha value is -1.88. The standard InChI is InChI=1S/C21H30O5/c1-6-20(4,5)19(23)25-16(3)18(22)26-21(11-13-24-14-12-21)17-9-7-15(2)8-10-17/h7-10,16H,6,11-14H2,1-5H3. The van der Waals surface area contributed by atoms with Gasteiger partial charge in [0, 0.05) is 12.8 Å². The summed E-state index contributed by atoms with van der Waals surface area (Å²) in [7, 11) is 0. The van der Waals surface area contributed by atoms with E-state index in [4.69, 9.17) is 14.2 Å². The van der Waals surface area contributed by atoms with Crippen molar-refractivity contribution >= 4 is 11.9 Å². The molecule has 0 aliphatic carbocycles. The molecule has 1 aromatic carbocycles. The lowest BCUT2D eigenvalue weighted by Crippen LogP contribution is -2.42. The number of carbonyl (C=O) groups is 2. The van der Waals surface area contributed by atoms with Gasteiger partial charge < -0.3 is 14.2 Å². The molecule has 1 unspecified atom stereocenters. The van der Waals surface area contributed by atoms with Crippen LogP contribution in [0.3, 0.4) is 0 Å². The van der Waals surface area contributed by atoms with Gasteiger partial charge in [-0.2, -0.15) is 0 Å². The van der Waals surface area contributed by atoms with Gasteiger partial charge in [0.1, 0.15) is 5.60 Å². The number of esters is 2. The lowest BCUT2D eigenvalue weighted by atomic mass is 9.85. The molecule has 0 radical (unpaired) electrons. The van der Waals surface area contributed by atoms with Crippen LogP contribution in [-0.4, -0.2) is 31.3 Å². The van der Waals surface area contributed by atoms with Gasteiger partial charge in [-0.3, -0.25) is 4.79 Å². The highest BCUT2D eigenvalue weighted by molar-refractivity contribution is 5.81. The fourth-order valence-corrected chi connectivity index (χ4v) is 2.80. The van der Waals surface area contributed by atoms with Crippen LogP contribution in [0.2, 0.25) is 0 Å². The van der Waals surface area contributed by atoms with Crippen LogP contribution in [0.15, 0.2) is 24.3 Å². The van der Waals surface area contributed by atoms with Gasteiger partial charge in [0.2, 0.25) is 0 Å². The highest BCUT2D eigenvalue weighted by Crippen LogP contribution is 2.37. The van der Waals surface area contributed by atoms with Crippen LogP contribution in [0, 0.1) is 12.3 Å². The van der Waals surface area contributed by atoms with Gasteiger partial charge in [-0.1, -0.05) is 36.8 Å². The Bertz CT molecular complexity index is 626. The van der Waals surface area contributed by atoms with Gasteiger partial charge in [0.25, 0.3) is 0 Å². The van der Waals surface area contributed by atoms with Crippen LogP contribution in [0.4, 0.5) is 0 Å². The van der Waals surface area contributed by atoms with Crippen molar-refractivity contribution in [2.45, 2.75) is 65.6 Å². The number of hydrogen-bond donors (Lipinski definition) is 0. The summed E-state index contributed by atoms with van der Waals surface area (Å²) in [6, 6.07) is 8.00. The lowest BCUT2D eigenvalue weighted by Gasteiger charge is -2.38. The maximum atomic E-state index is 12.7. The van der Waals surface area contributed by atoms with Gasteiger partial charge in [-0.15, -0.1) is 0 Å². The summed E-state index contributed by atoms with van der Waals surface area (Å²) < 4.78 is 16.7. The third-order valence-electron chi connectivity index (χ3n) is 5.23. The first-order valence-electron chi connectivity index (χ1n) is 9.29. The number of hydrogen-bond acceptors (Lipinski definition) is 5. The molecule has 1 saturated heterocycles.